The number of aliphatic hydroxyl groups is 1. The number of sulfonamides is 1. The maximum Gasteiger partial charge on any atom is 0.335 e. The molecule has 0 fully saturated rings. The minimum atomic E-state index is -3.93. The highest BCUT2D eigenvalue weighted by atomic mass is 35.5. The van der Waals surface area contributed by atoms with E-state index in [4.69, 9.17) is 11.6 Å². The third-order valence-corrected chi connectivity index (χ3v) is 8.78. The van der Waals surface area contributed by atoms with Gasteiger partial charge in [0.05, 0.1) is 22.9 Å². The Hall–Kier alpha value is -2.91. The Kier molecular flexibility index (Phi) is 7.43. The van der Waals surface area contributed by atoms with E-state index in [1.54, 1.807) is 13.1 Å². The molecule has 1 aliphatic rings. The van der Waals surface area contributed by atoms with E-state index < -0.39 is 16.0 Å². The molecule has 3 aromatic carbocycles. The maximum atomic E-state index is 13.9. The number of carboxylic acids is 1. The summed E-state index contributed by atoms with van der Waals surface area (Å²) in [5, 5.41) is 19.7. The fraction of sp³-hybridized carbons (Fsp3) is 0.296. The summed E-state index contributed by atoms with van der Waals surface area (Å²) in [6.45, 7) is 4.21. The average Bonchev–Trinajstić information content (AvgIpc) is 2.92. The predicted molar refractivity (Wildman–Crippen MR) is 141 cm³/mol. The molecule has 0 bridgehead atoms. The highest BCUT2D eigenvalue weighted by Gasteiger charge is 2.38. The first-order valence-corrected chi connectivity index (χ1v) is 13.5. The molecule has 9 heteroatoms. The molecule has 1 atom stereocenters. The van der Waals surface area contributed by atoms with Gasteiger partial charge in [-0.25, -0.2) is 13.2 Å². The maximum absolute atomic E-state index is 13.9. The number of aromatic carboxylic acids is 1. The van der Waals surface area contributed by atoms with Gasteiger partial charge in [0.15, 0.2) is 0 Å². The van der Waals surface area contributed by atoms with Gasteiger partial charge in [-0.2, -0.15) is 4.31 Å². The third-order valence-electron chi connectivity index (χ3n) is 6.53. The number of halogens is 1. The predicted octanol–water partition coefficient (Wildman–Crippen LogP) is 5.38. The van der Waals surface area contributed by atoms with Gasteiger partial charge in [0.25, 0.3) is 0 Å². The van der Waals surface area contributed by atoms with Crippen molar-refractivity contribution < 1.29 is 23.4 Å². The largest absolute Gasteiger partial charge is 0.478 e. The van der Waals surface area contributed by atoms with Gasteiger partial charge in [-0.05, 0) is 59.9 Å². The minimum Gasteiger partial charge on any atom is -0.478 e. The van der Waals surface area contributed by atoms with E-state index in [-0.39, 0.29) is 34.0 Å². The summed E-state index contributed by atoms with van der Waals surface area (Å²) in [6.07, 6.45) is 0.670. The highest BCUT2D eigenvalue weighted by Crippen LogP contribution is 2.43. The molecule has 4 rings (SSSR count). The standard InChI is InChI=1S/C27H29ClN2O5S/c1-17(2)11-21-15-30(20-7-5-4-6-8-20)25-14-24(28)23(13-26(25)36(34,35)29(21)3)22-12-18(27(32)33)9-10-19(22)16-31/h4-10,12-14,17,21,31H,11,15-16H2,1-3H3,(H,32,33)/t21-/m1/s1. The molecule has 0 amide bonds. The SMILES string of the molecule is CC(C)C[C@@H]1CN(c2ccccc2)c2cc(Cl)c(-c3cc(C(=O)O)ccc3CO)cc2S(=O)(=O)N1C. The van der Waals surface area contributed by atoms with Crippen LogP contribution in [0.3, 0.4) is 0 Å². The molecule has 0 unspecified atom stereocenters. The van der Waals surface area contributed by atoms with E-state index in [0.717, 1.165) is 5.69 Å². The number of fused-ring (bicyclic) bond motifs is 1. The first kappa shape index (κ1) is 26.2. The zero-order valence-corrected chi connectivity index (χ0v) is 21.9. The second-order valence-electron chi connectivity index (χ2n) is 9.39. The Bertz CT molecular complexity index is 1390. The second-order valence-corrected chi connectivity index (χ2v) is 11.8. The van der Waals surface area contributed by atoms with Crippen molar-refractivity contribution in [1.82, 2.24) is 4.31 Å². The van der Waals surface area contributed by atoms with E-state index in [9.17, 15) is 23.4 Å². The van der Waals surface area contributed by atoms with Gasteiger partial charge in [-0.1, -0.05) is 49.7 Å². The van der Waals surface area contributed by atoms with Crippen LogP contribution in [0.15, 0.2) is 65.6 Å². The lowest BCUT2D eigenvalue weighted by atomic mass is 9.96. The second kappa shape index (κ2) is 10.2. The molecule has 0 aromatic heterocycles. The van der Waals surface area contributed by atoms with Crippen molar-refractivity contribution in [3.8, 4) is 11.1 Å². The quantitative estimate of drug-likeness (QED) is 0.445. The molecular formula is C27H29ClN2O5S. The van der Waals surface area contributed by atoms with Crippen LogP contribution in [0.4, 0.5) is 11.4 Å². The number of hydrogen-bond donors (Lipinski definition) is 2. The molecule has 1 aliphatic heterocycles. The first-order chi connectivity index (χ1) is 17.0. The molecule has 36 heavy (non-hydrogen) atoms. The Labute approximate surface area is 216 Å². The van der Waals surface area contributed by atoms with Crippen LogP contribution in [-0.4, -0.2) is 48.5 Å². The smallest absolute Gasteiger partial charge is 0.335 e. The lowest BCUT2D eigenvalue weighted by molar-refractivity contribution is 0.0697. The van der Waals surface area contributed by atoms with Gasteiger partial charge in [-0.15, -0.1) is 0 Å². The molecule has 3 aromatic rings. The van der Waals surface area contributed by atoms with Crippen molar-refractivity contribution >= 4 is 39.0 Å². The van der Waals surface area contributed by atoms with Gasteiger partial charge in [0.2, 0.25) is 10.0 Å². The lowest BCUT2D eigenvalue weighted by Gasteiger charge is -2.30. The Morgan fingerprint density at radius 3 is 2.39 bits per heavy atom. The van der Waals surface area contributed by atoms with Crippen LogP contribution in [-0.2, 0) is 16.6 Å². The number of rotatable bonds is 6. The highest BCUT2D eigenvalue weighted by molar-refractivity contribution is 7.89. The molecule has 190 valence electrons. The molecule has 7 nitrogen and oxygen atoms in total. The topological polar surface area (TPSA) is 98.1 Å². The van der Waals surface area contributed by atoms with Gasteiger partial charge >= 0.3 is 5.97 Å². The van der Waals surface area contributed by atoms with E-state index in [0.29, 0.717) is 35.3 Å². The lowest BCUT2D eigenvalue weighted by Crippen LogP contribution is -2.41. The third kappa shape index (κ3) is 4.86. The molecule has 2 N–H and O–H groups in total. The van der Waals surface area contributed by atoms with Crippen molar-refractivity contribution in [2.24, 2.45) is 5.92 Å². The number of likely N-dealkylation sites (N-methyl/N-ethyl adjacent to an activating group) is 1. The van der Waals surface area contributed by atoms with E-state index in [2.05, 4.69) is 13.8 Å². The van der Waals surface area contributed by atoms with Crippen LogP contribution < -0.4 is 4.90 Å². The van der Waals surface area contributed by atoms with Crippen LogP contribution >= 0.6 is 11.6 Å². The van der Waals surface area contributed by atoms with Crippen LogP contribution in [0.2, 0.25) is 5.02 Å². The number of nitrogens with zero attached hydrogens (tertiary/aromatic N) is 2. The summed E-state index contributed by atoms with van der Waals surface area (Å²) >= 11 is 6.75. The fourth-order valence-electron chi connectivity index (χ4n) is 4.66. The van der Waals surface area contributed by atoms with Crippen molar-refractivity contribution in [2.75, 3.05) is 18.5 Å². The zero-order valence-electron chi connectivity index (χ0n) is 20.3. The Balaban J connectivity index is 2.00. The monoisotopic (exact) mass is 528 g/mol. The first-order valence-electron chi connectivity index (χ1n) is 11.7. The zero-order chi connectivity index (χ0) is 26.2. The normalized spacial score (nSPS) is 17.6. The van der Waals surface area contributed by atoms with Crippen molar-refractivity contribution in [1.29, 1.82) is 0 Å². The van der Waals surface area contributed by atoms with Gasteiger partial charge in [-0.3, -0.25) is 0 Å². The summed E-state index contributed by atoms with van der Waals surface area (Å²) in [6, 6.07) is 16.7. The molecule has 0 saturated carbocycles. The number of carboxylic acid groups (broad SMARTS) is 1. The number of benzene rings is 3. The summed E-state index contributed by atoms with van der Waals surface area (Å²) in [5.74, 6) is -0.859. The molecule has 1 heterocycles. The number of aliphatic hydroxyl groups excluding tert-OH is 1. The molecule has 0 saturated heterocycles. The molecule has 0 aliphatic carbocycles. The van der Waals surface area contributed by atoms with Crippen LogP contribution in [0.1, 0.15) is 36.2 Å². The number of hydrogen-bond acceptors (Lipinski definition) is 5. The Morgan fingerprint density at radius 1 is 1.08 bits per heavy atom. The van der Waals surface area contributed by atoms with Crippen molar-refractivity contribution in [2.45, 2.75) is 37.8 Å². The van der Waals surface area contributed by atoms with Gasteiger partial charge < -0.3 is 15.1 Å². The van der Waals surface area contributed by atoms with Crippen LogP contribution in [0, 0.1) is 5.92 Å². The van der Waals surface area contributed by atoms with Gasteiger partial charge in [0.1, 0.15) is 4.90 Å². The van der Waals surface area contributed by atoms with E-state index in [1.165, 1.54) is 28.6 Å². The molecule has 0 spiro atoms. The van der Waals surface area contributed by atoms with Gasteiger partial charge in [0, 0.05) is 30.9 Å². The van der Waals surface area contributed by atoms with E-state index >= 15 is 0 Å². The Morgan fingerprint density at radius 2 is 1.78 bits per heavy atom. The van der Waals surface area contributed by atoms with Crippen molar-refractivity contribution in [3.63, 3.8) is 0 Å². The molecule has 0 radical (unpaired) electrons. The minimum absolute atomic E-state index is 0.0103. The average molecular weight is 529 g/mol. The van der Waals surface area contributed by atoms with Crippen molar-refractivity contribution in [3.05, 3.63) is 76.8 Å². The summed E-state index contributed by atoms with van der Waals surface area (Å²) in [7, 11) is -2.34. The summed E-state index contributed by atoms with van der Waals surface area (Å²) < 4.78 is 29.3. The number of anilines is 2. The fourth-order valence-corrected chi connectivity index (χ4v) is 6.48. The summed E-state index contributed by atoms with van der Waals surface area (Å²) in [5.41, 5.74) is 2.46. The number of carbonyl (C=O) groups is 1. The van der Waals surface area contributed by atoms with Crippen LogP contribution in [0.25, 0.3) is 11.1 Å². The number of para-hydroxylation sites is 1. The summed E-state index contributed by atoms with van der Waals surface area (Å²) in [4.78, 5) is 13.7. The molecular weight excluding hydrogens is 500 g/mol. The van der Waals surface area contributed by atoms with E-state index in [1.807, 2.05) is 35.2 Å². The van der Waals surface area contributed by atoms with Crippen LogP contribution in [0.5, 0.6) is 0 Å².